The molecule has 3 rings (SSSR count). The molecule has 1 N–H and O–H groups in total. The number of aliphatic hydroxyl groups is 1. The van der Waals surface area contributed by atoms with Crippen molar-refractivity contribution in [1.82, 2.24) is 0 Å². The molecule has 0 aliphatic carbocycles. The summed E-state index contributed by atoms with van der Waals surface area (Å²) in [7, 11) is 5.74. The molecule has 146 valence electrons. The second kappa shape index (κ2) is 8.07. The van der Waals surface area contributed by atoms with Gasteiger partial charge in [0.15, 0.2) is 0 Å². The number of nitrogens with zero attached hydrogens (tertiary/aromatic N) is 1. The van der Waals surface area contributed by atoms with Crippen molar-refractivity contribution >= 4 is 5.69 Å². The molecule has 0 heterocycles. The Hall–Kier alpha value is -2.78. The van der Waals surface area contributed by atoms with Crippen molar-refractivity contribution in [3.8, 4) is 5.75 Å². The standard InChI is InChI=1S/C25H29NO2/c1-18(2)23-17-21(13-16-24(23)26(3)4)25(27,19-9-7-6-8-10-19)20-11-14-22(28-5)15-12-20/h6-18,27H,1-5H3. The fourth-order valence-corrected chi connectivity index (χ4v) is 3.66. The predicted octanol–water partition coefficient (Wildman–Crippen LogP) is 5.17. The summed E-state index contributed by atoms with van der Waals surface area (Å²) in [6.45, 7) is 4.36. The van der Waals surface area contributed by atoms with E-state index < -0.39 is 5.60 Å². The number of benzene rings is 3. The Morgan fingerprint density at radius 3 is 1.93 bits per heavy atom. The summed E-state index contributed by atoms with van der Waals surface area (Å²) in [5.41, 5.74) is 3.65. The van der Waals surface area contributed by atoms with Gasteiger partial charge in [-0.05, 0) is 52.4 Å². The molecule has 28 heavy (non-hydrogen) atoms. The molecular formula is C25H29NO2. The molecule has 0 bridgehead atoms. The first kappa shape index (κ1) is 20.0. The van der Waals surface area contributed by atoms with Crippen molar-refractivity contribution < 1.29 is 9.84 Å². The van der Waals surface area contributed by atoms with Crippen LogP contribution >= 0.6 is 0 Å². The van der Waals surface area contributed by atoms with E-state index in [1.54, 1.807) is 7.11 Å². The van der Waals surface area contributed by atoms with Gasteiger partial charge in [-0.3, -0.25) is 0 Å². The maximum atomic E-state index is 12.1. The average molecular weight is 376 g/mol. The van der Waals surface area contributed by atoms with Gasteiger partial charge >= 0.3 is 0 Å². The topological polar surface area (TPSA) is 32.7 Å². The van der Waals surface area contributed by atoms with Crippen LogP contribution in [0.1, 0.15) is 42.0 Å². The highest BCUT2D eigenvalue weighted by molar-refractivity contribution is 5.59. The normalized spacial score (nSPS) is 13.2. The minimum Gasteiger partial charge on any atom is -0.497 e. The van der Waals surface area contributed by atoms with Crippen LogP contribution in [0.4, 0.5) is 5.69 Å². The summed E-state index contributed by atoms with van der Waals surface area (Å²) in [6, 6.07) is 23.7. The lowest BCUT2D eigenvalue weighted by Gasteiger charge is -2.32. The zero-order valence-corrected chi connectivity index (χ0v) is 17.3. The Kier molecular flexibility index (Phi) is 5.76. The minimum absolute atomic E-state index is 0.341. The Labute approximate surface area is 168 Å². The molecule has 0 saturated heterocycles. The molecule has 0 amide bonds. The summed E-state index contributed by atoms with van der Waals surface area (Å²) in [5, 5.41) is 12.1. The first-order chi connectivity index (χ1) is 13.4. The molecule has 0 saturated carbocycles. The first-order valence-electron chi connectivity index (χ1n) is 9.62. The molecule has 0 spiro atoms. The van der Waals surface area contributed by atoms with Crippen molar-refractivity contribution in [1.29, 1.82) is 0 Å². The van der Waals surface area contributed by atoms with E-state index in [2.05, 4.69) is 30.9 Å². The van der Waals surface area contributed by atoms with Crippen LogP contribution in [0.5, 0.6) is 5.75 Å². The van der Waals surface area contributed by atoms with E-state index in [1.165, 1.54) is 11.3 Å². The van der Waals surface area contributed by atoms with E-state index >= 15 is 0 Å². The van der Waals surface area contributed by atoms with E-state index in [4.69, 9.17) is 4.74 Å². The van der Waals surface area contributed by atoms with Gasteiger partial charge in [-0.15, -0.1) is 0 Å². The van der Waals surface area contributed by atoms with E-state index in [0.29, 0.717) is 5.92 Å². The summed E-state index contributed by atoms with van der Waals surface area (Å²) < 4.78 is 5.30. The lowest BCUT2D eigenvalue weighted by molar-refractivity contribution is 0.125. The van der Waals surface area contributed by atoms with Gasteiger partial charge in [0.1, 0.15) is 11.4 Å². The van der Waals surface area contributed by atoms with Crippen LogP contribution in [-0.2, 0) is 5.60 Å². The second-order valence-electron chi connectivity index (χ2n) is 7.63. The number of methoxy groups -OCH3 is 1. The van der Waals surface area contributed by atoms with Gasteiger partial charge in [0.05, 0.1) is 7.11 Å². The van der Waals surface area contributed by atoms with Crippen molar-refractivity contribution in [3.05, 3.63) is 95.1 Å². The number of ether oxygens (including phenoxy) is 1. The van der Waals surface area contributed by atoms with Crippen LogP contribution in [0.2, 0.25) is 0 Å². The highest BCUT2D eigenvalue weighted by Crippen LogP contribution is 2.40. The van der Waals surface area contributed by atoms with Crippen molar-refractivity contribution in [2.24, 2.45) is 0 Å². The van der Waals surface area contributed by atoms with Crippen LogP contribution in [0, 0.1) is 0 Å². The summed E-state index contributed by atoms with van der Waals surface area (Å²) in [5.74, 6) is 1.11. The van der Waals surface area contributed by atoms with Gasteiger partial charge in [-0.2, -0.15) is 0 Å². The van der Waals surface area contributed by atoms with Gasteiger partial charge in [0, 0.05) is 19.8 Å². The van der Waals surface area contributed by atoms with Crippen molar-refractivity contribution in [2.75, 3.05) is 26.1 Å². The molecule has 0 aliphatic rings. The molecule has 3 aromatic carbocycles. The third-order valence-electron chi connectivity index (χ3n) is 5.25. The molecule has 1 atom stereocenters. The van der Waals surface area contributed by atoms with Crippen LogP contribution in [0.3, 0.4) is 0 Å². The zero-order chi connectivity index (χ0) is 20.3. The summed E-state index contributed by atoms with van der Waals surface area (Å²) >= 11 is 0. The molecule has 3 aromatic rings. The molecule has 3 heteroatoms. The molecule has 0 aliphatic heterocycles. The van der Waals surface area contributed by atoms with Crippen molar-refractivity contribution in [3.63, 3.8) is 0 Å². The van der Waals surface area contributed by atoms with Gasteiger partial charge in [-0.1, -0.05) is 62.4 Å². The quantitative estimate of drug-likeness (QED) is 0.604. The SMILES string of the molecule is COc1ccc(C(O)(c2ccccc2)c2ccc(N(C)C)c(C(C)C)c2)cc1. The van der Waals surface area contributed by atoms with Crippen LogP contribution in [0.25, 0.3) is 0 Å². The number of hydrogen-bond donors (Lipinski definition) is 1. The van der Waals surface area contributed by atoms with E-state index in [1.807, 2.05) is 74.8 Å². The Morgan fingerprint density at radius 1 is 0.821 bits per heavy atom. The summed E-state index contributed by atoms with van der Waals surface area (Å²) in [6.07, 6.45) is 0. The zero-order valence-electron chi connectivity index (χ0n) is 17.3. The van der Waals surface area contributed by atoms with Crippen LogP contribution < -0.4 is 9.64 Å². The fraction of sp³-hybridized carbons (Fsp3) is 0.280. The third-order valence-corrected chi connectivity index (χ3v) is 5.25. The molecule has 3 nitrogen and oxygen atoms in total. The smallest absolute Gasteiger partial charge is 0.140 e. The van der Waals surface area contributed by atoms with Crippen molar-refractivity contribution in [2.45, 2.75) is 25.4 Å². The highest BCUT2D eigenvalue weighted by Gasteiger charge is 2.34. The monoisotopic (exact) mass is 375 g/mol. The first-order valence-corrected chi connectivity index (χ1v) is 9.62. The lowest BCUT2D eigenvalue weighted by Crippen LogP contribution is -2.29. The predicted molar refractivity (Wildman–Crippen MR) is 116 cm³/mol. The van der Waals surface area contributed by atoms with E-state index in [9.17, 15) is 5.11 Å². The summed E-state index contributed by atoms with van der Waals surface area (Å²) in [4.78, 5) is 2.12. The number of anilines is 1. The molecule has 1 unspecified atom stereocenters. The average Bonchev–Trinajstić information content (AvgIpc) is 2.73. The van der Waals surface area contributed by atoms with E-state index in [0.717, 1.165) is 22.4 Å². The van der Waals surface area contributed by atoms with Gasteiger partial charge in [-0.25, -0.2) is 0 Å². The fourth-order valence-electron chi connectivity index (χ4n) is 3.66. The van der Waals surface area contributed by atoms with Crippen LogP contribution in [-0.4, -0.2) is 26.3 Å². The highest BCUT2D eigenvalue weighted by atomic mass is 16.5. The Balaban J connectivity index is 2.24. The molecule has 0 fully saturated rings. The van der Waals surface area contributed by atoms with Gasteiger partial charge in [0.2, 0.25) is 0 Å². The second-order valence-corrected chi connectivity index (χ2v) is 7.63. The van der Waals surface area contributed by atoms with Gasteiger partial charge in [0.25, 0.3) is 0 Å². The number of rotatable bonds is 6. The van der Waals surface area contributed by atoms with E-state index in [-0.39, 0.29) is 0 Å². The maximum absolute atomic E-state index is 12.1. The largest absolute Gasteiger partial charge is 0.497 e. The molecule has 0 aromatic heterocycles. The molecule has 0 radical (unpaired) electrons. The molecular weight excluding hydrogens is 346 g/mol. The number of hydrogen-bond acceptors (Lipinski definition) is 3. The Bertz CT molecular complexity index is 917. The minimum atomic E-state index is -1.25. The maximum Gasteiger partial charge on any atom is 0.140 e. The van der Waals surface area contributed by atoms with Crippen LogP contribution in [0.15, 0.2) is 72.8 Å². The van der Waals surface area contributed by atoms with Gasteiger partial charge < -0.3 is 14.7 Å². The lowest BCUT2D eigenvalue weighted by atomic mass is 9.79. The third kappa shape index (κ3) is 3.63. The Morgan fingerprint density at radius 2 is 1.39 bits per heavy atom.